The first-order chi connectivity index (χ1) is 11.5. The second-order valence-corrected chi connectivity index (χ2v) is 5.74. The average molecular weight is 457 g/mol. The summed E-state index contributed by atoms with van der Waals surface area (Å²) in [6.07, 6.45) is 0. The van der Waals surface area contributed by atoms with Gasteiger partial charge in [-0.15, -0.1) is 24.0 Å². The Balaban J connectivity index is 0.00000312. The second-order valence-electron chi connectivity index (χ2n) is 5.74. The SMILES string of the molecule is CN=C(NCCOc1ccccc1C)NCc1c(C)nn(C)c1C.I. The number of nitrogens with one attached hydrogen (secondary N) is 2. The Kier molecular flexibility index (Phi) is 8.74. The normalized spacial score (nSPS) is 11.0. The lowest BCUT2D eigenvalue weighted by Crippen LogP contribution is -2.39. The van der Waals surface area contributed by atoms with Gasteiger partial charge in [0.2, 0.25) is 0 Å². The molecule has 0 aliphatic heterocycles. The molecule has 1 aromatic heterocycles. The van der Waals surface area contributed by atoms with Crippen molar-refractivity contribution in [1.82, 2.24) is 20.4 Å². The van der Waals surface area contributed by atoms with Crippen molar-refractivity contribution in [2.24, 2.45) is 12.0 Å². The van der Waals surface area contributed by atoms with Crippen LogP contribution in [0.25, 0.3) is 0 Å². The fourth-order valence-corrected chi connectivity index (χ4v) is 2.51. The van der Waals surface area contributed by atoms with Crippen molar-refractivity contribution in [3.05, 3.63) is 46.8 Å². The number of aromatic nitrogens is 2. The van der Waals surface area contributed by atoms with E-state index in [4.69, 9.17) is 4.74 Å². The second kappa shape index (κ2) is 10.3. The van der Waals surface area contributed by atoms with E-state index in [9.17, 15) is 0 Å². The lowest BCUT2D eigenvalue weighted by molar-refractivity contribution is 0.320. The van der Waals surface area contributed by atoms with Gasteiger partial charge in [0.05, 0.1) is 12.2 Å². The van der Waals surface area contributed by atoms with Crippen LogP contribution in [-0.2, 0) is 13.6 Å². The summed E-state index contributed by atoms with van der Waals surface area (Å²) in [5.74, 6) is 1.68. The lowest BCUT2D eigenvalue weighted by Gasteiger charge is -2.13. The van der Waals surface area contributed by atoms with Gasteiger partial charge >= 0.3 is 0 Å². The molecule has 1 aromatic carbocycles. The zero-order chi connectivity index (χ0) is 17.5. The summed E-state index contributed by atoms with van der Waals surface area (Å²) in [6, 6.07) is 8.02. The Bertz CT molecular complexity index is 711. The molecule has 25 heavy (non-hydrogen) atoms. The maximum atomic E-state index is 5.78. The van der Waals surface area contributed by atoms with E-state index in [1.165, 1.54) is 11.3 Å². The Hall–Kier alpha value is -1.77. The minimum absolute atomic E-state index is 0. The van der Waals surface area contributed by atoms with Crippen molar-refractivity contribution >= 4 is 29.9 Å². The van der Waals surface area contributed by atoms with Gasteiger partial charge in [-0.2, -0.15) is 5.10 Å². The first kappa shape index (κ1) is 21.3. The maximum Gasteiger partial charge on any atom is 0.191 e. The fourth-order valence-electron chi connectivity index (χ4n) is 2.51. The zero-order valence-electron chi connectivity index (χ0n) is 15.6. The molecule has 0 saturated carbocycles. The predicted molar refractivity (Wildman–Crippen MR) is 113 cm³/mol. The molecule has 6 nitrogen and oxygen atoms in total. The van der Waals surface area contributed by atoms with Crippen molar-refractivity contribution < 1.29 is 4.74 Å². The Morgan fingerprint density at radius 3 is 2.52 bits per heavy atom. The van der Waals surface area contributed by atoms with Crippen molar-refractivity contribution in [3.8, 4) is 5.75 Å². The van der Waals surface area contributed by atoms with Crippen LogP contribution in [0.2, 0.25) is 0 Å². The Labute approximate surface area is 167 Å². The minimum Gasteiger partial charge on any atom is -0.491 e. The van der Waals surface area contributed by atoms with Crippen molar-refractivity contribution in [2.75, 3.05) is 20.2 Å². The van der Waals surface area contributed by atoms with Crippen LogP contribution in [0.15, 0.2) is 29.3 Å². The summed E-state index contributed by atoms with van der Waals surface area (Å²) in [5, 5.41) is 11.0. The first-order valence-corrected chi connectivity index (χ1v) is 8.15. The minimum atomic E-state index is 0. The zero-order valence-corrected chi connectivity index (χ0v) is 17.9. The largest absolute Gasteiger partial charge is 0.491 e. The first-order valence-electron chi connectivity index (χ1n) is 8.15. The lowest BCUT2D eigenvalue weighted by atomic mass is 10.2. The van der Waals surface area contributed by atoms with Crippen LogP contribution in [0.5, 0.6) is 5.75 Å². The molecule has 0 fully saturated rings. The van der Waals surface area contributed by atoms with Crippen LogP contribution in [0.1, 0.15) is 22.5 Å². The van der Waals surface area contributed by atoms with Gasteiger partial charge in [0.1, 0.15) is 12.4 Å². The van der Waals surface area contributed by atoms with Gasteiger partial charge in [0.15, 0.2) is 5.96 Å². The molecule has 0 bridgehead atoms. The summed E-state index contributed by atoms with van der Waals surface area (Å²) < 4.78 is 7.68. The third-order valence-electron chi connectivity index (χ3n) is 4.06. The predicted octanol–water partition coefficient (Wildman–Crippen LogP) is 2.71. The van der Waals surface area contributed by atoms with E-state index in [1.54, 1.807) is 7.05 Å². The third-order valence-corrected chi connectivity index (χ3v) is 4.06. The molecule has 7 heteroatoms. The van der Waals surface area contributed by atoms with E-state index < -0.39 is 0 Å². The van der Waals surface area contributed by atoms with Gasteiger partial charge in [0, 0.05) is 31.9 Å². The van der Waals surface area contributed by atoms with E-state index in [0.29, 0.717) is 19.7 Å². The van der Waals surface area contributed by atoms with Crippen LogP contribution in [0.3, 0.4) is 0 Å². The number of aryl methyl sites for hydroxylation is 3. The van der Waals surface area contributed by atoms with Crippen LogP contribution in [-0.4, -0.2) is 35.9 Å². The highest BCUT2D eigenvalue weighted by molar-refractivity contribution is 14.0. The van der Waals surface area contributed by atoms with Crippen LogP contribution in [0.4, 0.5) is 0 Å². The molecule has 0 saturated heterocycles. The number of halogens is 1. The van der Waals surface area contributed by atoms with E-state index in [2.05, 4.69) is 27.6 Å². The quantitative estimate of drug-likeness (QED) is 0.303. The molecule has 138 valence electrons. The van der Waals surface area contributed by atoms with E-state index in [-0.39, 0.29) is 24.0 Å². The van der Waals surface area contributed by atoms with Crippen LogP contribution < -0.4 is 15.4 Å². The van der Waals surface area contributed by atoms with Gasteiger partial charge in [0.25, 0.3) is 0 Å². The van der Waals surface area contributed by atoms with Gasteiger partial charge in [-0.3, -0.25) is 9.67 Å². The summed E-state index contributed by atoms with van der Waals surface area (Å²) >= 11 is 0. The van der Waals surface area contributed by atoms with E-state index in [1.807, 2.05) is 49.8 Å². The topological polar surface area (TPSA) is 63.5 Å². The van der Waals surface area contributed by atoms with Crippen molar-refractivity contribution in [3.63, 3.8) is 0 Å². The molecule has 2 N–H and O–H groups in total. The van der Waals surface area contributed by atoms with Crippen LogP contribution >= 0.6 is 24.0 Å². The molecular weight excluding hydrogens is 429 g/mol. The molecule has 0 atom stereocenters. The number of hydrogen-bond donors (Lipinski definition) is 2. The number of guanidine groups is 1. The molecule has 0 spiro atoms. The number of benzene rings is 1. The Morgan fingerprint density at radius 1 is 1.20 bits per heavy atom. The summed E-state index contributed by atoms with van der Waals surface area (Å²) in [5.41, 5.74) is 4.55. The van der Waals surface area contributed by atoms with Gasteiger partial charge in [-0.05, 0) is 32.4 Å². The molecule has 0 aliphatic carbocycles. The average Bonchev–Trinajstić information content (AvgIpc) is 2.81. The number of nitrogens with zero attached hydrogens (tertiary/aromatic N) is 3. The number of para-hydroxylation sites is 1. The molecule has 0 radical (unpaired) electrons. The molecule has 2 rings (SSSR count). The molecule has 0 amide bonds. The third kappa shape index (κ3) is 5.91. The highest BCUT2D eigenvalue weighted by atomic mass is 127. The summed E-state index contributed by atoms with van der Waals surface area (Å²) in [4.78, 5) is 4.24. The number of aliphatic imine (C=N–C) groups is 1. The molecule has 1 heterocycles. The van der Waals surface area contributed by atoms with Gasteiger partial charge in [-0.25, -0.2) is 0 Å². The molecule has 0 aliphatic rings. The van der Waals surface area contributed by atoms with Gasteiger partial charge < -0.3 is 15.4 Å². The standard InChI is InChI=1S/C18H27N5O.HI/c1-13-8-6-7-9-17(13)24-11-10-20-18(19-4)21-12-16-14(2)22-23(5)15(16)3;/h6-9H,10-12H2,1-5H3,(H2,19,20,21);1H. The monoisotopic (exact) mass is 457 g/mol. The highest BCUT2D eigenvalue weighted by Gasteiger charge is 2.09. The van der Waals surface area contributed by atoms with E-state index >= 15 is 0 Å². The molecule has 0 unspecified atom stereocenters. The number of rotatable bonds is 6. The number of hydrogen-bond acceptors (Lipinski definition) is 3. The maximum absolute atomic E-state index is 5.78. The van der Waals surface area contributed by atoms with E-state index in [0.717, 1.165) is 23.0 Å². The summed E-state index contributed by atoms with van der Waals surface area (Å²) in [6.45, 7) is 8.10. The number of ether oxygens (including phenoxy) is 1. The fraction of sp³-hybridized carbons (Fsp3) is 0.444. The summed E-state index contributed by atoms with van der Waals surface area (Å²) in [7, 11) is 3.72. The van der Waals surface area contributed by atoms with Crippen LogP contribution in [0, 0.1) is 20.8 Å². The van der Waals surface area contributed by atoms with Gasteiger partial charge in [-0.1, -0.05) is 18.2 Å². The highest BCUT2D eigenvalue weighted by Crippen LogP contribution is 2.15. The molecule has 2 aromatic rings. The smallest absolute Gasteiger partial charge is 0.191 e. The Morgan fingerprint density at radius 2 is 1.92 bits per heavy atom. The molecular formula is C18H28IN5O. The van der Waals surface area contributed by atoms with Crippen molar-refractivity contribution in [2.45, 2.75) is 27.3 Å². The van der Waals surface area contributed by atoms with Crippen molar-refractivity contribution in [1.29, 1.82) is 0 Å².